The number of nitrogens with two attached hydrogens (primary N) is 1. The zero-order chi connectivity index (χ0) is 24.0. The van der Waals surface area contributed by atoms with Crippen LogP contribution < -0.4 is 10.5 Å². The molecule has 2 aromatic carbocycles. The average Bonchev–Trinajstić information content (AvgIpc) is 2.82. The molecule has 4 N–H and O–H groups in total. The Kier molecular flexibility index (Phi) is 8.16. The minimum absolute atomic E-state index is 0.123. The molecule has 33 heavy (non-hydrogen) atoms. The van der Waals surface area contributed by atoms with Gasteiger partial charge < -0.3 is 25.6 Å². The summed E-state index contributed by atoms with van der Waals surface area (Å²) in [5.41, 5.74) is 7.89. The number of nitrogens with zero attached hydrogens (tertiary/aromatic N) is 3. The standard InChI is InChI=1S/C24H28N4O4S/c1-15(28(14-30)13-18-12-26-16(2)27-23(18)25)22(9-10-29)33-24(31)21-6-4-5-17-11-19(32-3)7-8-20(17)21/h4-8,11-12,14,29,31,33H,9-10,13H2,1-3H3,(H2,25,26,27)/b22-15-. The lowest BCUT2D eigenvalue weighted by Gasteiger charge is -2.21. The van der Waals surface area contributed by atoms with Crippen molar-refractivity contribution >= 4 is 39.4 Å². The molecule has 0 bridgehead atoms. The Hall–Kier alpha value is -3.27. The SMILES string of the molecule is COc1ccc2c(/C(O)=[SH]/C(CCO)=C(/C)N(C=O)Cc3cnc(C)nc3N)cccc2c1. The monoisotopic (exact) mass is 468 g/mol. The summed E-state index contributed by atoms with van der Waals surface area (Å²) in [4.78, 5) is 22.4. The number of thiol groups is 1. The number of aliphatic hydroxyl groups is 2. The summed E-state index contributed by atoms with van der Waals surface area (Å²) in [5.74, 6) is 1.59. The first-order chi connectivity index (χ1) is 15.9. The number of aryl methyl sites for hydroxylation is 1. The van der Waals surface area contributed by atoms with Crippen LogP contribution in [0.15, 0.2) is 53.2 Å². The molecule has 0 atom stereocenters. The molecule has 0 saturated carbocycles. The smallest absolute Gasteiger partial charge is 0.214 e. The third-order valence-corrected chi connectivity index (χ3v) is 6.52. The number of allylic oxidation sites excluding steroid dienone is 1. The molecule has 1 amide bonds. The van der Waals surface area contributed by atoms with Gasteiger partial charge >= 0.3 is 0 Å². The third-order valence-electron chi connectivity index (χ3n) is 5.25. The number of amides is 1. The Bertz CT molecular complexity index is 1230. The molecule has 0 spiro atoms. The van der Waals surface area contributed by atoms with E-state index in [1.165, 1.54) is 4.90 Å². The van der Waals surface area contributed by atoms with Crippen LogP contribution in [0.2, 0.25) is 0 Å². The van der Waals surface area contributed by atoms with Gasteiger partial charge in [0.2, 0.25) is 6.41 Å². The molecule has 0 aliphatic heterocycles. The van der Waals surface area contributed by atoms with Crippen LogP contribution >= 0.6 is 11.4 Å². The van der Waals surface area contributed by atoms with Crippen LogP contribution in [0.4, 0.5) is 5.82 Å². The highest BCUT2D eigenvalue weighted by molar-refractivity contribution is 8.02. The Balaban J connectivity index is 2.01. The van der Waals surface area contributed by atoms with E-state index in [1.54, 1.807) is 27.2 Å². The van der Waals surface area contributed by atoms with E-state index < -0.39 is 0 Å². The summed E-state index contributed by atoms with van der Waals surface area (Å²) in [7, 11) is 1.61. The van der Waals surface area contributed by atoms with Crippen LogP contribution in [-0.4, -0.2) is 50.3 Å². The van der Waals surface area contributed by atoms with E-state index >= 15 is 0 Å². The number of aromatic nitrogens is 2. The highest BCUT2D eigenvalue weighted by atomic mass is 32.1. The van der Waals surface area contributed by atoms with Gasteiger partial charge in [-0.15, -0.1) is 11.4 Å². The predicted molar refractivity (Wildman–Crippen MR) is 133 cm³/mol. The number of hydrogen-bond acceptors (Lipinski definition) is 6. The van der Waals surface area contributed by atoms with E-state index in [2.05, 4.69) is 9.97 Å². The number of anilines is 1. The van der Waals surface area contributed by atoms with Gasteiger partial charge in [-0.25, -0.2) is 9.97 Å². The number of benzene rings is 2. The molecule has 174 valence electrons. The summed E-state index contributed by atoms with van der Waals surface area (Å²) >= 11 is 0.493. The van der Waals surface area contributed by atoms with E-state index in [0.29, 0.717) is 57.6 Å². The van der Waals surface area contributed by atoms with Crippen molar-refractivity contribution in [1.29, 1.82) is 0 Å². The van der Waals surface area contributed by atoms with Crippen molar-refractivity contribution in [1.82, 2.24) is 14.9 Å². The van der Waals surface area contributed by atoms with Gasteiger partial charge in [0.15, 0.2) is 0 Å². The van der Waals surface area contributed by atoms with Crippen LogP contribution in [0.25, 0.3) is 10.8 Å². The fourth-order valence-electron chi connectivity index (χ4n) is 3.41. The molecule has 0 saturated heterocycles. The van der Waals surface area contributed by atoms with Crippen molar-refractivity contribution in [2.45, 2.75) is 26.8 Å². The first kappa shape index (κ1) is 24.4. The van der Waals surface area contributed by atoms with Gasteiger partial charge in [0.1, 0.15) is 22.4 Å². The number of aliphatic hydroxyl groups excluding tert-OH is 2. The van der Waals surface area contributed by atoms with Gasteiger partial charge in [-0.3, -0.25) is 4.79 Å². The number of fused-ring (bicyclic) bond motifs is 1. The number of nitrogen functional groups attached to an aromatic ring is 1. The molecule has 9 heteroatoms. The molecule has 0 radical (unpaired) electrons. The Morgan fingerprint density at radius 1 is 1.30 bits per heavy atom. The molecule has 1 aromatic heterocycles. The van der Waals surface area contributed by atoms with Crippen molar-refractivity contribution in [3.8, 4) is 5.75 Å². The van der Waals surface area contributed by atoms with Crippen molar-refractivity contribution in [3.05, 3.63) is 70.1 Å². The second-order valence-electron chi connectivity index (χ2n) is 7.39. The molecule has 0 aliphatic rings. The maximum Gasteiger partial charge on any atom is 0.214 e. The van der Waals surface area contributed by atoms with Crippen LogP contribution in [-0.2, 0) is 11.3 Å². The van der Waals surface area contributed by atoms with Crippen LogP contribution in [0.1, 0.15) is 30.3 Å². The number of hydrogen-bond donors (Lipinski definition) is 4. The minimum Gasteiger partial charge on any atom is -0.497 e. The second kappa shape index (κ2) is 11.0. The van der Waals surface area contributed by atoms with Crippen molar-refractivity contribution < 1.29 is 19.7 Å². The van der Waals surface area contributed by atoms with Crippen LogP contribution in [0, 0.1) is 6.92 Å². The Labute approximate surface area is 196 Å². The van der Waals surface area contributed by atoms with E-state index in [4.69, 9.17) is 10.5 Å². The summed E-state index contributed by atoms with van der Waals surface area (Å²) in [6, 6.07) is 11.3. The summed E-state index contributed by atoms with van der Waals surface area (Å²) in [6.45, 7) is 3.57. The largest absolute Gasteiger partial charge is 0.497 e. The normalized spacial score (nSPS) is 12.7. The number of carbonyl (C=O) groups excluding carboxylic acids is 1. The number of methoxy groups -OCH3 is 1. The van der Waals surface area contributed by atoms with Gasteiger partial charge in [-0.1, -0.05) is 18.2 Å². The topological polar surface area (TPSA) is 122 Å². The molecule has 3 rings (SSSR count). The fourth-order valence-corrected chi connectivity index (χ4v) is 4.49. The van der Waals surface area contributed by atoms with Crippen molar-refractivity contribution in [2.75, 3.05) is 19.5 Å². The molecule has 8 nitrogen and oxygen atoms in total. The molecule has 0 fully saturated rings. The van der Waals surface area contributed by atoms with Crippen molar-refractivity contribution in [3.63, 3.8) is 0 Å². The lowest BCUT2D eigenvalue weighted by Crippen LogP contribution is -2.22. The maximum atomic E-state index is 11.9. The Morgan fingerprint density at radius 3 is 2.76 bits per heavy atom. The number of carbonyl (C=O) groups is 1. The molecule has 1 heterocycles. The molecule has 3 aromatic rings. The second-order valence-corrected chi connectivity index (χ2v) is 8.58. The lowest BCUT2D eigenvalue weighted by molar-refractivity contribution is -0.116. The minimum atomic E-state index is -0.123. The van der Waals surface area contributed by atoms with E-state index in [0.717, 1.165) is 16.5 Å². The zero-order valence-electron chi connectivity index (χ0n) is 18.8. The molecular weight excluding hydrogens is 440 g/mol. The zero-order valence-corrected chi connectivity index (χ0v) is 19.7. The molecular formula is C24H28N4O4S. The first-order valence-corrected chi connectivity index (χ1v) is 11.2. The summed E-state index contributed by atoms with van der Waals surface area (Å²) in [6.07, 6.45) is 2.59. The third kappa shape index (κ3) is 5.75. The van der Waals surface area contributed by atoms with E-state index in [-0.39, 0.29) is 18.2 Å². The molecule has 0 aliphatic carbocycles. The van der Waals surface area contributed by atoms with Gasteiger partial charge in [0.25, 0.3) is 0 Å². The van der Waals surface area contributed by atoms with Gasteiger partial charge in [0, 0.05) is 41.0 Å². The van der Waals surface area contributed by atoms with E-state index in [1.807, 2.05) is 36.4 Å². The number of rotatable bonds is 9. The first-order valence-electron chi connectivity index (χ1n) is 10.3. The average molecular weight is 469 g/mol. The lowest BCUT2D eigenvalue weighted by atomic mass is 10.0. The quantitative estimate of drug-likeness (QED) is 0.216. The summed E-state index contributed by atoms with van der Waals surface area (Å²) < 4.78 is 5.29. The van der Waals surface area contributed by atoms with Crippen molar-refractivity contribution in [2.24, 2.45) is 0 Å². The van der Waals surface area contributed by atoms with Gasteiger partial charge in [-0.05, 0) is 42.8 Å². The van der Waals surface area contributed by atoms with Gasteiger partial charge in [-0.2, -0.15) is 0 Å². The maximum absolute atomic E-state index is 11.9. The number of ether oxygens (including phenoxy) is 1. The highest BCUT2D eigenvalue weighted by Gasteiger charge is 2.14. The van der Waals surface area contributed by atoms with Gasteiger partial charge in [0.05, 0.1) is 13.7 Å². The highest BCUT2D eigenvalue weighted by Crippen LogP contribution is 2.28. The molecule has 0 unspecified atom stereocenters. The van der Waals surface area contributed by atoms with Crippen LogP contribution in [0.3, 0.4) is 0 Å². The van der Waals surface area contributed by atoms with Crippen LogP contribution in [0.5, 0.6) is 5.75 Å². The van der Waals surface area contributed by atoms with E-state index in [9.17, 15) is 15.0 Å². The summed E-state index contributed by atoms with van der Waals surface area (Å²) in [5, 5.41) is 22.6. The fraction of sp³-hybridized carbons (Fsp3) is 0.250. The Morgan fingerprint density at radius 2 is 2.09 bits per heavy atom. The predicted octanol–water partition coefficient (Wildman–Crippen LogP) is 3.30.